The monoisotopic (exact) mass is 214 g/mol. The molecule has 0 spiro atoms. The lowest BCUT2D eigenvalue weighted by Gasteiger charge is -2.01. The Morgan fingerprint density at radius 1 is 1.14 bits per heavy atom. The predicted molar refractivity (Wildman–Crippen MR) is 49.1 cm³/mol. The van der Waals surface area contributed by atoms with E-state index in [9.17, 15) is 8.78 Å². The van der Waals surface area contributed by atoms with E-state index in [2.05, 4.69) is 0 Å². The van der Waals surface area contributed by atoms with E-state index >= 15 is 0 Å². The van der Waals surface area contributed by atoms with Crippen LogP contribution in [0, 0.1) is 11.6 Å². The maximum Gasteiger partial charge on any atom is 0.139 e. The van der Waals surface area contributed by atoms with E-state index in [1.54, 1.807) is 6.07 Å². The lowest BCUT2D eigenvalue weighted by atomic mass is 10.1. The molecule has 14 heavy (non-hydrogen) atoms. The van der Waals surface area contributed by atoms with Crippen LogP contribution in [-0.4, -0.2) is 0 Å². The van der Waals surface area contributed by atoms with Gasteiger partial charge in [0.15, 0.2) is 0 Å². The SMILES string of the molecule is Fc1cc(Cl)cc(F)c1-c1ccco1. The van der Waals surface area contributed by atoms with Crippen molar-refractivity contribution in [2.24, 2.45) is 0 Å². The Bertz CT molecular complexity index is 428. The number of halogens is 3. The van der Waals surface area contributed by atoms with E-state index in [0.29, 0.717) is 0 Å². The Kier molecular flexibility index (Phi) is 2.25. The second kappa shape index (κ2) is 3.42. The Balaban J connectivity index is 2.64. The molecule has 0 atom stereocenters. The van der Waals surface area contributed by atoms with Crippen molar-refractivity contribution in [2.75, 3.05) is 0 Å². The molecule has 0 aliphatic carbocycles. The summed E-state index contributed by atoms with van der Waals surface area (Å²) >= 11 is 5.47. The Morgan fingerprint density at radius 3 is 2.29 bits per heavy atom. The van der Waals surface area contributed by atoms with Crippen LogP contribution in [0.2, 0.25) is 5.02 Å². The van der Waals surface area contributed by atoms with Crippen LogP contribution in [0.25, 0.3) is 11.3 Å². The van der Waals surface area contributed by atoms with Crippen LogP contribution in [-0.2, 0) is 0 Å². The molecule has 0 fully saturated rings. The van der Waals surface area contributed by atoms with Gasteiger partial charge in [0.2, 0.25) is 0 Å². The molecule has 0 amide bonds. The van der Waals surface area contributed by atoms with Gasteiger partial charge in [-0.15, -0.1) is 0 Å². The summed E-state index contributed by atoms with van der Waals surface area (Å²) in [6.07, 6.45) is 1.35. The molecule has 0 aliphatic rings. The fourth-order valence-corrected chi connectivity index (χ4v) is 1.39. The lowest BCUT2D eigenvalue weighted by Crippen LogP contribution is -1.88. The fraction of sp³-hybridized carbons (Fsp3) is 0. The van der Waals surface area contributed by atoms with Gasteiger partial charge in [0.25, 0.3) is 0 Å². The normalized spacial score (nSPS) is 10.5. The van der Waals surface area contributed by atoms with Gasteiger partial charge in [0.05, 0.1) is 11.8 Å². The van der Waals surface area contributed by atoms with Crippen molar-refractivity contribution in [1.29, 1.82) is 0 Å². The molecular weight excluding hydrogens is 210 g/mol. The van der Waals surface area contributed by atoms with E-state index in [4.69, 9.17) is 16.0 Å². The van der Waals surface area contributed by atoms with Crippen molar-refractivity contribution < 1.29 is 13.2 Å². The molecule has 0 saturated heterocycles. The molecule has 1 aromatic carbocycles. The summed E-state index contributed by atoms with van der Waals surface area (Å²) in [5.41, 5.74) is -0.195. The van der Waals surface area contributed by atoms with E-state index in [1.807, 2.05) is 0 Å². The third kappa shape index (κ3) is 1.51. The standard InChI is InChI=1S/C10H5ClF2O/c11-6-4-7(12)10(8(13)5-6)9-2-1-3-14-9/h1-5H. The highest BCUT2D eigenvalue weighted by atomic mass is 35.5. The lowest BCUT2D eigenvalue weighted by molar-refractivity contribution is 0.548. The number of hydrogen-bond acceptors (Lipinski definition) is 1. The van der Waals surface area contributed by atoms with Gasteiger partial charge in [-0.3, -0.25) is 0 Å². The minimum Gasteiger partial charge on any atom is -0.464 e. The van der Waals surface area contributed by atoms with Crippen LogP contribution in [0.5, 0.6) is 0 Å². The topological polar surface area (TPSA) is 13.1 Å². The largest absolute Gasteiger partial charge is 0.464 e. The highest BCUT2D eigenvalue weighted by Crippen LogP contribution is 2.28. The van der Waals surface area contributed by atoms with E-state index < -0.39 is 11.6 Å². The number of rotatable bonds is 1. The average molecular weight is 215 g/mol. The molecule has 0 unspecified atom stereocenters. The Morgan fingerprint density at radius 2 is 1.79 bits per heavy atom. The molecule has 1 aromatic heterocycles. The molecule has 72 valence electrons. The molecule has 0 aliphatic heterocycles. The Hall–Kier alpha value is -1.35. The first kappa shape index (κ1) is 9.21. The van der Waals surface area contributed by atoms with Crippen molar-refractivity contribution in [3.8, 4) is 11.3 Å². The second-order valence-corrected chi connectivity index (χ2v) is 3.16. The first-order valence-corrected chi connectivity index (χ1v) is 4.24. The fourth-order valence-electron chi connectivity index (χ4n) is 1.20. The highest BCUT2D eigenvalue weighted by molar-refractivity contribution is 6.30. The number of benzene rings is 1. The average Bonchev–Trinajstić information content (AvgIpc) is 2.54. The molecule has 0 bridgehead atoms. The van der Waals surface area contributed by atoms with Gasteiger partial charge in [-0.1, -0.05) is 11.6 Å². The molecule has 2 aromatic rings. The van der Waals surface area contributed by atoms with E-state index in [0.717, 1.165) is 12.1 Å². The van der Waals surface area contributed by atoms with Crippen LogP contribution in [0.15, 0.2) is 34.9 Å². The zero-order valence-electron chi connectivity index (χ0n) is 6.93. The van der Waals surface area contributed by atoms with Gasteiger partial charge < -0.3 is 4.42 Å². The van der Waals surface area contributed by atoms with Gasteiger partial charge in [0, 0.05) is 5.02 Å². The molecule has 1 heterocycles. The number of furan rings is 1. The van der Waals surface area contributed by atoms with E-state index in [1.165, 1.54) is 12.3 Å². The maximum atomic E-state index is 13.3. The minimum absolute atomic E-state index is 0.0234. The van der Waals surface area contributed by atoms with Gasteiger partial charge >= 0.3 is 0 Å². The van der Waals surface area contributed by atoms with Crippen molar-refractivity contribution in [3.63, 3.8) is 0 Å². The highest BCUT2D eigenvalue weighted by Gasteiger charge is 2.14. The number of hydrogen-bond donors (Lipinski definition) is 0. The molecule has 1 nitrogen and oxygen atoms in total. The molecular formula is C10H5ClF2O. The van der Waals surface area contributed by atoms with Crippen molar-refractivity contribution in [2.45, 2.75) is 0 Å². The van der Waals surface area contributed by atoms with Gasteiger partial charge in [0.1, 0.15) is 17.4 Å². The maximum absolute atomic E-state index is 13.3. The van der Waals surface area contributed by atoms with Crippen molar-refractivity contribution in [1.82, 2.24) is 0 Å². The second-order valence-electron chi connectivity index (χ2n) is 2.72. The summed E-state index contributed by atoms with van der Waals surface area (Å²) in [5.74, 6) is -1.31. The van der Waals surface area contributed by atoms with Crippen molar-refractivity contribution in [3.05, 3.63) is 47.2 Å². The van der Waals surface area contributed by atoms with E-state index in [-0.39, 0.29) is 16.3 Å². The summed E-state index contributed by atoms with van der Waals surface area (Å²) in [6.45, 7) is 0. The van der Waals surface area contributed by atoms with Crippen LogP contribution in [0.4, 0.5) is 8.78 Å². The summed E-state index contributed by atoms with van der Waals surface area (Å²) in [6, 6.07) is 5.13. The van der Waals surface area contributed by atoms with Gasteiger partial charge in [-0.25, -0.2) is 8.78 Å². The summed E-state index contributed by atoms with van der Waals surface area (Å²) in [7, 11) is 0. The summed E-state index contributed by atoms with van der Waals surface area (Å²) in [5, 5.41) is 0.0234. The van der Waals surface area contributed by atoms with Crippen LogP contribution in [0.3, 0.4) is 0 Å². The molecule has 0 N–H and O–H groups in total. The van der Waals surface area contributed by atoms with Crippen LogP contribution < -0.4 is 0 Å². The molecule has 4 heteroatoms. The van der Waals surface area contributed by atoms with Gasteiger partial charge in [-0.2, -0.15) is 0 Å². The third-order valence-electron chi connectivity index (χ3n) is 1.77. The summed E-state index contributed by atoms with van der Waals surface area (Å²) in [4.78, 5) is 0. The molecule has 0 radical (unpaired) electrons. The third-order valence-corrected chi connectivity index (χ3v) is 1.99. The zero-order valence-corrected chi connectivity index (χ0v) is 7.68. The smallest absolute Gasteiger partial charge is 0.139 e. The van der Waals surface area contributed by atoms with Crippen LogP contribution in [0.1, 0.15) is 0 Å². The Labute approximate surface area is 83.9 Å². The summed E-state index contributed by atoms with van der Waals surface area (Å²) < 4.78 is 31.5. The predicted octanol–water partition coefficient (Wildman–Crippen LogP) is 3.88. The molecule has 0 saturated carbocycles. The first-order chi connectivity index (χ1) is 6.68. The molecule has 2 rings (SSSR count). The van der Waals surface area contributed by atoms with Gasteiger partial charge in [-0.05, 0) is 24.3 Å². The van der Waals surface area contributed by atoms with Crippen molar-refractivity contribution >= 4 is 11.6 Å². The quantitative estimate of drug-likeness (QED) is 0.702. The first-order valence-electron chi connectivity index (χ1n) is 3.87. The minimum atomic E-state index is -0.732. The zero-order chi connectivity index (χ0) is 10.1. The van der Waals surface area contributed by atoms with Crippen LogP contribution >= 0.6 is 11.6 Å².